The molecule has 0 bridgehead atoms. The number of nitrogens with zero attached hydrogens (tertiary/aromatic N) is 1. The van der Waals surface area contributed by atoms with Crippen molar-refractivity contribution in [3.05, 3.63) is 11.0 Å². The smallest absolute Gasteiger partial charge is 0.00254 e. The molecule has 0 rings (SSSR count). The molecule has 0 N–H and O–H groups in total. The fourth-order valence-corrected chi connectivity index (χ4v) is 1.46. The summed E-state index contributed by atoms with van der Waals surface area (Å²) in [5.41, 5.74) is 1.56. The summed E-state index contributed by atoms with van der Waals surface area (Å²) in [5.74, 6) is 0. The molecule has 0 radical (unpaired) electrons. The lowest BCUT2D eigenvalue weighted by molar-refractivity contribution is 0.707. The van der Waals surface area contributed by atoms with Gasteiger partial charge in [-0.3, -0.25) is 4.31 Å². The molecule has 0 atom stereocenters. The van der Waals surface area contributed by atoms with Crippen molar-refractivity contribution in [1.29, 1.82) is 0 Å². The van der Waals surface area contributed by atoms with Crippen molar-refractivity contribution < 1.29 is 0 Å². The van der Waals surface area contributed by atoms with Crippen molar-refractivity contribution in [3.8, 4) is 0 Å². The van der Waals surface area contributed by atoms with Crippen LogP contribution in [0.15, 0.2) is 11.0 Å². The van der Waals surface area contributed by atoms with Crippen LogP contribution < -0.4 is 0 Å². The maximum Gasteiger partial charge on any atom is -0.00254 e. The first-order chi connectivity index (χ1) is 5.20. The Morgan fingerprint density at radius 3 is 2.36 bits per heavy atom. The minimum absolute atomic E-state index is 1.19. The van der Waals surface area contributed by atoms with Crippen LogP contribution in [0.25, 0.3) is 0 Å². The number of hydrogen-bond acceptors (Lipinski definition) is 2. The number of rotatable bonds is 5. The lowest BCUT2D eigenvalue weighted by Gasteiger charge is -2.06. The Kier molecular flexibility index (Phi) is 6.77. The van der Waals surface area contributed by atoms with Crippen LogP contribution in [0.2, 0.25) is 0 Å². The SMILES string of the molecule is CCC/C(=C/SN(C)C)CC. The van der Waals surface area contributed by atoms with Crippen LogP contribution in [-0.2, 0) is 0 Å². The van der Waals surface area contributed by atoms with Crippen LogP contribution in [-0.4, -0.2) is 18.4 Å². The first-order valence-electron chi connectivity index (χ1n) is 4.22. The summed E-state index contributed by atoms with van der Waals surface area (Å²) >= 11 is 1.78. The maximum absolute atomic E-state index is 2.27. The van der Waals surface area contributed by atoms with Crippen LogP contribution >= 0.6 is 11.9 Å². The predicted molar refractivity (Wildman–Crippen MR) is 54.6 cm³/mol. The molecule has 0 spiro atoms. The fraction of sp³-hybridized carbons (Fsp3) is 0.778. The van der Waals surface area contributed by atoms with Crippen LogP contribution in [0.1, 0.15) is 33.1 Å². The normalized spacial score (nSPS) is 12.6. The lowest BCUT2D eigenvalue weighted by Crippen LogP contribution is -1.96. The molecule has 0 aromatic carbocycles. The molecule has 0 aliphatic carbocycles. The van der Waals surface area contributed by atoms with Crippen molar-refractivity contribution in [3.63, 3.8) is 0 Å². The van der Waals surface area contributed by atoms with Gasteiger partial charge in [0.05, 0.1) is 0 Å². The molecule has 66 valence electrons. The zero-order valence-corrected chi connectivity index (χ0v) is 8.87. The highest BCUT2D eigenvalue weighted by Crippen LogP contribution is 2.15. The van der Waals surface area contributed by atoms with Gasteiger partial charge >= 0.3 is 0 Å². The van der Waals surface area contributed by atoms with Crippen LogP contribution in [0.4, 0.5) is 0 Å². The van der Waals surface area contributed by atoms with Gasteiger partial charge in [-0.2, -0.15) is 0 Å². The fourth-order valence-electron chi connectivity index (χ4n) is 0.820. The molecular formula is C9H19NS. The quantitative estimate of drug-likeness (QED) is 0.587. The third kappa shape index (κ3) is 6.45. The molecule has 0 aromatic heterocycles. The van der Waals surface area contributed by atoms with E-state index in [4.69, 9.17) is 0 Å². The van der Waals surface area contributed by atoms with E-state index in [-0.39, 0.29) is 0 Å². The van der Waals surface area contributed by atoms with E-state index < -0.39 is 0 Å². The van der Waals surface area contributed by atoms with E-state index in [0.29, 0.717) is 0 Å². The molecule has 0 amide bonds. The van der Waals surface area contributed by atoms with Crippen LogP contribution in [0.5, 0.6) is 0 Å². The highest BCUT2D eigenvalue weighted by Gasteiger charge is 1.92. The lowest BCUT2D eigenvalue weighted by atomic mass is 10.1. The molecule has 0 aliphatic rings. The van der Waals surface area contributed by atoms with Crippen molar-refractivity contribution in [1.82, 2.24) is 4.31 Å². The largest absolute Gasteiger partial charge is 0.253 e. The van der Waals surface area contributed by atoms with E-state index in [1.54, 1.807) is 17.5 Å². The van der Waals surface area contributed by atoms with Gasteiger partial charge in [-0.05, 0) is 32.3 Å². The molecule has 0 aliphatic heterocycles. The van der Waals surface area contributed by atoms with Gasteiger partial charge in [0, 0.05) is 0 Å². The first-order valence-corrected chi connectivity index (χ1v) is 5.06. The van der Waals surface area contributed by atoms with E-state index in [1.807, 2.05) is 0 Å². The summed E-state index contributed by atoms with van der Waals surface area (Å²) in [7, 11) is 4.14. The zero-order valence-electron chi connectivity index (χ0n) is 8.05. The molecule has 0 unspecified atom stereocenters. The summed E-state index contributed by atoms with van der Waals surface area (Å²) in [4.78, 5) is 0. The third-order valence-electron chi connectivity index (χ3n) is 1.46. The number of hydrogen-bond donors (Lipinski definition) is 0. The molecule has 1 nitrogen and oxygen atoms in total. The molecule has 11 heavy (non-hydrogen) atoms. The summed E-state index contributed by atoms with van der Waals surface area (Å²) in [6.07, 6.45) is 3.69. The molecule has 0 saturated heterocycles. The minimum atomic E-state index is 1.19. The van der Waals surface area contributed by atoms with Gasteiger partial charge in [0.2, 0.25) is 0 Å². The van der Waals surface area contributed by atoms with E-state index in [9.17, 15) is 0 Å². The zero-order chi connectivity index (χ0) is 8.69. The van der Waals surface area contributed by atoms with Gasteiger partial charge in [-0.1, -0.05) is 37.8 Å². The van der Waals surface area contributed by atoms with Crippen molar-refractivity contribution in [2.45, 2.75) is 33.1 Å². The van der Waals surface area contributed by atoms with E-state index in [1.165, 1.54) is 19.3 Å². The maximum atomic E-state index is 2.27. The van der Waals surface area contributed by atoms with Crippen molar-refractivity contribution >= 4 is 11.9 Å². The summed E-state index contributed by atoms with van der Waals surface area (Å²) in [5, 5.41) is 2.27. The molecule has 0 saturated carbocycles. The second kappa shape index (κ2) is 6.74. The van der Waals surface area contributed by atoms with Gasteiger partial charge < -0.3 is 0 Å². The summed E-state index contributed by atoms with van der Waals surface area (Å²) in [6, 6.07) is 0. The van der Waals surface area contributed by atoms with Gasteiger partial charge in [0.25, 0.3) is 0 Å². The van der Waals surface area contributed by atoms with Gasteiger partial charge in [-0.25, -0.2) is 0 Å². The molecule has 0 heterocycles. The Hall–Kier alpha value is 0.0500. The predicted octanol–water partition coefficient (Wildman–Crippen LogP) is 3.29. The summed E-state index contributed by atoms with van der Waals surface area (Å²) < 4.78 is 2.12. The van der Waals surface area contributed by atoms with Gasteiger partial charge in [0.15, 0.2) is 0 Å². The Balaban J connectivity index is 3.70. The Bertz CT molecular complexity index is 119. The minimum Gasteiger partial charge on any atom is -0.253 e. The van der Waals surface area contributed by atoms with Crippen molar-refractivity contribution in [2.75, 3.05) is 14.1 Å². The molecule has 2 heteroatoms. The second-order valence-corrected chi connectivity index (χ2v) is 3.97. The molecule has 0 fully saturated rings. The molecular weight excluding hydrogens is 154 g/mol. The Morgan fingerprint density at radius 1 is 1.36 bits per heavy atom. The average Bonchev–Trinajstić information content (AvgIpc) is 1.97. The highest BCUT2D eigenvalue weighted by atomic mass is 32.2. The highest BCUT2D eigenvalue weighted by molar-refractivity contribution is 7.99. The first kappa shape index (κ1) is 11.1. The van der Waals surface area contributed by atoms with Gasteiger partial charge in [0.1, 0.15) is 0 Å². The van der Waals surface area contributed by atoms with E-state index in [2.05, 4.69) is 37.7 Å². The van der Waals surface area contributed by atoms with E-state index >= 15 is 0 Å². The number of allylic oxidation sites excluding steroid dienone is 1. The Morgan fingerprint density at radius 2 is 2.00 bits per heavy atom. The molecule has 0 aromatic rings. The standard InChI is InChI=1S/C9H19NS/c1-5-7-9(6-2)8-11-10(3)4/h8H,5-7H2,1-4H3/b9-8+. The monoisotopic (exact) mass is 173 g/mol. The van der Waals surface area contributed by atoms with Crippen LogP contribution in [0, 0.1) is 0 Å². The third-order valence-corrected chi connectivity index (χ3v) is 2.32. The average molecular weight is 173 g/mol. The second-order valence-electron chi connectivity index (χ2n) is 2.80. The van der Waals surface area contributed by atoms with Crippen LogP contribution in [0.3, 0.4) is 0 Å². The van der Waals surface area contributed by atoms with Gasteiger partial charge in [-0.15, -0.1) is 0 Å². The van der Waals surface area contributed by atoms with E-state index in [0.717, 1.165) is 0 Å². The topological polar surface area (TPSA) is 3.24 Å². The summed E-state index contributed by atoms with van der Waals surface area (Å²) in [6.45, 7) is 4.45. The van der Waals surface area contributed by atoms with Crippen molar-refractivity contribution in [2.24, 2.45) is 0 Å². The Labute approximate surface area is 75.0 Å².